The summed E-state index contributed by atoms with van der Waals surface area (Å²) in [6, 6.07) is 16.7. The zero-order valence-electron chi connectivity index (χ0n) is 19.6. The van der Waals surface area contributed by atoms with Crippen molar-refractivity contribution in [3.63, 3.8) is 0 Å². The third-order valence-corrected chi connectivity index (χ3v) is 8.58. The number of benzene rings is 3. The fraction of sp³-hybridized carbons (Fsp3) is 0.143. The molecule has 3 aromatic rings. The van der Waals surface area contributed by atoms with Crippen LogP contribution in [0.25, 0.3) is 5.70 Å². The van der Waals surface area contributed by atoms with Crippen molar-refractivity contribution < 1.29 is 19.1 Å². The van der Waals surface area contributed by atoms with Crippen LogP contribution in [0.3, 0.4) is 0 Å². The van der Waals surface area contributed by atoms with Crippen LogP contribution in [0.4, 0.5) is 0 Å². The number of Topliss-reactive ketones (excluding diaryl/α,β-unsaturated/α-hetero) is 1. The van der Waals surface area contributed by atoms with Gasteiger partial charge >= 0.3 is 5.97 Å². The molecule has 1 aliphatic carbocycles. The van der Waals surface area contributed by atoms with E-state index in [0.717, 1.165) is 29.5 Å². The first-order chi connectivity index (χ1) is 17.7. The average molecular weight is 758 g/mol. The minimum absolute atomic E-state index is 0.0975. The van der Waals surface area contributed by atoms with Gasteiger partial charge in [0.05, 0.1) is 25.5 Å². The summed E-state index contributed by atoms with van der Waals surface area (Å²) in [6.07, 6.45) is 0. The highest BCUT2D eigenvalue weighted by Crippen LogP contribution is 2.48. The predicted molar refractivity (Wildman–Crippen MR) is 161 cm³/mol. The second kappa shape index (κ2) is 10.6. The summed E-state index contributed by atoms with van der Waals surface area (Å²) in [5.74, 6) is -0.474. The van der Waals surface area contributed by atoms with E-state index in [1.807, 2.05) is 49.4 Å². The molecule has 1 atom stereocenters. The van der Waals surface area contributed by atoms with Crippen LogP contribution in [-0.2, 0) is 16.1 Å². The second-order valence-electron chi connectivity index (χ2n) is 8.59. The maximum Gasteiger partial charge on any atom is 0.336 e. The van der Waals surface area contributed by atoms with Crippen molar-refractivity contribution in [2.24, 2.45) is 0 Å². The molecule has 0 amide bonds. The van der Waals surface area contributed by atoms with E-state index in [1.54, 1.807) is 12.1 Å². The number of allylic oxidation sites excluding steroid dienone is 2. The SMILES string of the molecule is COC(=O)C1=C(C)NC2=C(C(=O)c3ccccc32)[C@H]1c1cc(I)c(OCc2ccc(Cl)cc2Cl)c(I)c1. The van der Waals surface area contributed by atoms with Crippen LogP contribution in [0.1, 0.15) is 39.9 Å². The molecule has 2 aliphatic rings. The maximum atomic E-state index is 13.6. The monoisotopic (exact) mass is 757 g/mol. The fourth-order valence-corrected chi connectivity index (χ4v) is 7.31. The van der Waals surface area contributed by atoms with Gasteiger partial charge in [-0.25, -0.2) is 4.79 Å². The number of halogens is 4. The van der Waals surface area contributed by atoms with Crippen molar-refractivity contribution in [1.29, 1.82) is 0 Å². The van der Waals surface area contributed by atoms with Gasteiger partial charge in [0.25, 0.3) is 0 Å². The van der Waals surface area contributed by atoms with Crippen molar-refractivity contribution in [3.8, 4) is 5.75 Å². The summed E-state index contributed by atoms with van der Waals surface area (Å²) in [5.41, 5.74) is 5.42. The Kier molecular flexibility index (Phi) is 7.59. The highest BCUT2D eigenvalue weighted by molar-refractivity contribution is 14.1. The van der Waals surface area contributed by atoms with Crippen molar-refractivity contribution >= 4 is 85.8 Å². The first-order valence-corrected chi connectivity index (χ1v) is 14.1. The molecule has 1 aliphatic heterocycles. The summed E-state index contributed by atoms with van der Waals surface area (Å²) in [5, 5.41) is 4.40. The molecule has 0 aromatic heterocycles. The predicted octanol–water partition coefficient (Wildman–Crippen LogP) is 7.52. The third kappa shape index (κ3) is 4.79. The first kappa shape index (κ1) is 26.5. The molecular weight excluding hydrogens is 739 g/mol. The minimum atomic E-state index is -0.592. The van der Waals surface area contributed by atoms with Crippen LogP contribution >= 0.6 is 68.4 Å². The van der Waals surface area contributed by atoms with E-state index >= 15 is 0 Å². The number of rotatable bonds is 5. The second-order valence-corrected chi connectivity index (χ2v) is 11.8. The van der Waals surface area contributed by atoms with Crippen LogP contribution in [0.15, 0.2) is 71.4 Å². The van der Waals surface area contributed by atoms with Crippen LogP contribution < -0.4 is 10.1 Å². The van der Waals surface area contributed by atoms with Gasteiger partial charge in [0.2, 0.25) is 0 Å². The van der Waals surface area contributed by atoms with Crippen LogP contribution in [-0.4, -0.2) is 18.9 Å². The van der Waals surface area contributed by atoms with E-state index in [1.165, 1.54) is 7.11 Å². The highest BCUT2D eigenvalue weighted by atomic mass is 127. The Morgan fingerprint density at radius 1 is 1.03 bits per heavy atom. The van der Waals surface area contributed by atoms with E-state index in [-0.39, 0.29) is 12.4 Å². The van der Waals surface area contributed by atoms with Gasteiger partial charge < -0.3 is 14.8 Å². The van der Waals surface area contributed by atoms with Gasteiger partial charge in [-0.05, 0) is 81.9 Å². The number of hydrogen-bond donors (Lipinski definition) is 1. The molecule has 9 heteroatoms. The number of ether oxygens (including phenoxy) is 2. The number of fused-ring (bicyclic) bond motifs is 2. The minimum Gasteiger partial charge on any atom is -0.487 e. The number of ketones is 1. The Morgan fingerprint density at radius 3 is 2.35 bits per heavy atom. The van der Waals surface area contributed by atoms with Crippen molar-refractivity contribution in [2.75, 3.05) is 7.11 Å². The Hall–Kier alpha value is -2.08. The number of dihydropyridines is 1. The lowest BCUT2D eigenvalue weighted by Crippen LogP contribution is -2.29. The average Bonchev–Trinajstić information content (AvgIpc) is 3.14. The molecule has 5 nitrogen and oxygen atoms in total. The Morgan fingerprint density at radius 2 is 1.70 bits per heavy atom. The van der Waals surface area contributed by atoms with Crippen LogP contribution in [0, 0.1) is 7.14 Å². The molecule has 0 spiro atoms. The molecule has 188 valence electrons. The summed E-state index contributed by atoms with van der Waals surface area (Å²) >= 11 is 16.8. The molecular formula is C28H19Cl2I2NO4. The largest absolute Gasteiger partial charge is 0.487 e. The smallest absolute Gasteiger partial charge is 0.336 e. The summed E-state index contributed by atoms with van der Waals surface area (Å²) in [6.45, 7) is 2.10. The van der Waals surface area contributed by atoms with E-state index in [2.05, 4.69) is 50.5 Å². The molecule has 0 bridgehead atoms. The number of hydrogen-bond acceptors (Lipinski definition) is 5. The quantitative estimate of drug-likeness (QED) is 0.216. The molecule has 37 heavy (non-hydrogen) atoms. The molecule has 1 heterocycles. The van der Waals surface area contributed by atoms with Crippen molar-refractivity contribution in [3.05, 3.63) is 111 Å². The Balaban J connectivity index is 1.57. The van der Waals surface area contributed by atoms with Gasteiger partial charge in [-0.15, -0.1) is 0 Å². The molecule has 0 radical (unpaired) electrons. The normalized spacial score (nSPS) is 16.4. The Bertz CT molecular complexity index is 1520. The van der Waals surface area contributed by atoms with Gasteiger partial charge in [-0.1, -0.05) is 53.5 Å². The number of carbonyl (C=O) groups excluding carboxylic acids is 2. The fourth-order valence-electron chi connectivity index (χ4n) is 4.72. The van der Waals surface area contributed by atoms with Gasteiger partial charge in [-0.2, -0.15) is 0 Å². The van der Waals surface area contributed by atoms with Crippen molar-refractivity contribution in [1.82, 2.24) is 5.32 Å². The van der Waals surface area contributed by atoms with Gasteiger partial charge in [0.1, 0.15) is 12.4 Å². The number of nitrogens with one attached hydrogen (secondary N) is 1. The summed E-state index contributed by atoms with van der Waals surface area (Å²) < 4.78 is 13.0. The van der Waals surface area contributed by atoms with E-state index < -0.39 is 11.9 Å². The summed E-state index contributed by atoms with van der Waals surface area (Å²) in [7, 11) is 1.35. The number of esters is 1. The lowest BCUT2D eigenvalue weighted by Gasteiger charge is -2.29. The lowest BCUT2D eigenvalue weighted by molar-refractivity contribution is -0.136. The zero-order valence-corrected chi connectivity index (χ0v) is 25.5. The lowest BCUT2D eigenvalue weighted by atomic mass is 9.80. The molecule has 0 saturated carbocycles. The topological polar surface area (TPSA) is 64.6 Å². The summed E-state index contributed by atoms with van der Waals surface area (Å²) in [4.78, 5) is 26.6. The standard InChI is InChI=1S/C28H19Cl2I2NO4/c1-13-22(28(35)36-2)23(24-25(33-13)17-5-3-4-6-18(17)26(24)34)15-9-20(31)27(21(32)10-15)37-12-14-7-8-16(29)11-19(14)30/h3-11,23,33H,12H2,1-2H3/t23-/m0/s1. The number of carbonyl (C=O) groups is 2. The molecule has 3 aromatic carbocycles. The number of methoxy groups -OCH3 is 1. The molecule has 0 unspecified atom stereocenters. The van der Waals surface area contributed by atoms with Gasteiger partial charge in [0.15, 0.2) is 5.78 Å². The third-order valence-electron chi connectivity index (χ3n) is 6.40. The molecule has 1 N–H and O–H groups in total. The first-order valence-electron chi connectivity index (χ1n) is 11.2. The molecule has 0 fully saturated rings. The van der Waals surface area contributed by atoms with Gasteiger partial charge in [-0.3, -0.25) is 4.79 Å². The Labute approximate surface area is 251 Å². The van der Waals surface area contributed by atoms with Crippen molar-refractivity contribution in [2.45, 2.75) is 19.4 Å². The zero-order chi connectivity index (χ0) is 26.4. The van der Waals surface area contributed by atoms with E-state index in [0.29, 0.717) is 38.2 Å². The molecule has 0 saturated heterocycles. The van der Waals surface area contributed by atoms with Crippen LogP contribution in [0.2, 0.25) is 10.0 Å². The maximum absolute atomic E-state index is 13.6. The van der Waals surface area contributed by atoms with Crippen LogP contribution in [0.5, 0.6) is 5.75 Å². The van der Waals surface area contributed by atoms with Gasteiger partial charge in [0, 0.05) is 43.9 Å². The molecule has 5 rings (SSSR count). The van der Waals surface area contributed by atoms with E-state index in [9.17, 15) is 9.59 Å². The van der Waals surface area contributed by atoms with E-state index in [4.69, 9.17) is 32.7 Å². The highest BCUT2D eigenvalue weighted by Gasteiger charge is 2.43.